The lowest BCUT2D eigenvalue weighted by molar-refractivity contribution is 0.476. The van der Waals surface area contributed by atoms with Crippen molar-refractivity contribution in [3.8, 4) is 5.75 Å². The summed E-state index contributed by atoms with van der Waals surface area (Å²) < 4.78 is 2.10. The van der Waals surface area contributed by atoms with Crippen molar-refractivity contribution >= 4 is 39.8 Å². The SMILES string of the molecule is Cn1cc(CNc2cc(Cl)c(O)c(Cl)c2)c2ccccc21. The molecule has 0 amide bonds. The topological polar surface area (TPSA) is 37.2 Å². The van der Waals surface area contributed by atoms with E-state index in [1.807, 2.05) is 19.2 Å². The molecule has 3 aromatic rings. The Morgan fingerprint density at radius 3 is 2.52 bits per heavy atom. The maximum absolute atomic E-state index is 9.57. The summed E-state index contributed by atoms with van der Waals surface area (Å²) in [4.78, 5) is 0. The van der Waals surface area contributed by atoms with E-state index >= 15 is 0 Å². The van der Waals surface area contributed by atoms with Gasteiger partial charge in [0.25, 0.3) is 0 Å². The zero-order valence-electron chi connectivity index (χ0n) is 11.4. The Labute approximate surface area is 132 Å². The van der Waals surface area contributed by atoms with Crippen molar-refractivity contribution in [1.29, 1.82) is 0 Å². The summed E-state index contributed by atoms with van der Waals surface area (Å²) in [5, 5.41) is 14.5. The predicted molar refractivity (Wildman–Crippen MR) is 88.4 cm³/mol. The van der Waals surface area contributed by atoms with Crippen molar-refractivity contribution in [2.24, 2.45) is 7.05 Å². The van der Waals surface area contributed by atoms with Gasteiger partial charge in [-0.2, -0.15) is 0 Å². The highest BCUT2D eigenvalue weighted by Crippen LogP contribution is 2.35. The fourth-order valence-electron chi connectivity index (χ4n) is 2.43. The summed E-state index contributed by atoms with van der Waals surface area (Å²) in [5.74, 6) is -0.0888. The average molecular weight is 321 g/mol. The molecule has 2 N–H and O–H groups in total. The Bertz CT molecular complexity index is 788. The van der Waals surface area contributed by atoms with Gasteiger partial charge in [0, 0.05) is 36.4 Å². The fourth-order valence-corrected chi connectivity index (χ4v) is 2.92. The molecular weight excluding hydrogens is 307 g/mol. The van der Waals surface area contributed by atoms with Gasteiger partial charge in [0.05, 0.1) is 10.0 Å². The lowest BCUT2D eigenvalue weighted by Gasteiger charge is -2.08. The number of aryl methyl sites for hydroxylation is 1. The molecule has 0 atom stereocenters. The van der Waals surface area contributed by atoms with E-state index in [1.165, 1.54) is 16.5 Å². The van der Waals surface area contributed by atoms with Crippen LogP contribution in [-0.2, 0) is 13.6 Å². The van der Waals surface area contributed by atoms with E-state index in [0.29, 0.717) is 6.54 Å². The number of rotatable bonds is 3. The van der Waals surface area contributed by atoms with Gasteiger partial charge in [-0.25, -0.2) is 0 Å². The second-order valence-electron chi connectivity index (χ2n) is 4.92. The first-order valence-electron chi connectivity index (χ1n) is 6.51. The van der Waals surface area contributed by atoms with Crippen LogP contribution in [0.3, 0.4) is 0 Å². The molecule has 2 aromatic carbocycles. The number of aromatic nitrogens is 1. The standard InChI is InChI=1S/C16H14Cl2N2O/c1-20-9-10(12-4-2-3-5-15(12)20)8-19-11-6-13(17)16(21)14(18)7-11/h2-7,9,19,21H,8H2,1H3. The van der Waals surface area contributed by atoms with Crippen molar-refractivity contribution < 1.29 is 5.11 Å². The molecule has 3 nitrogen and oxygen atoms in total. The maximum atomic E-state index is 9.57. The number of fused-ring (bicyclic) bond motifs is 1. The number of hydrogen-bond donors (Lipinski definition) is 2. The van der Waals surface area contributed by atoms with Gasteiger partial charge in [0.1, 0.15) is 0 Å². The van der Waals surface area contributed by atoms with E-state index in [4.69, 9.17) is 23.2 Å². The van der Waals surface area contributed by atoms with Gasteiger partial charge < -0.3 is 15.0 Å². The maximum Gasteiger partial charge on any atom is 0.152 e. The Kier molecular flexibility index (Phi) is 3.70. The van der Waals surface area contributed by atoms with E-state index < -0.39 is 0 Å². The summed E-state index contributed by atoms with van der Waals surface area (Å²) in [7, 11) is 2.03. The number of anilines is 1. The Hall–Kier alpha value is -1.84. The molecule has 108 valence electrons. The van der Waals surface area contributed by atoms with Crippen LogP contribution < -0.4 is 5.32 Å². The van der Waals surface area contributed by atoms with Crippen LogP contribution in [0, 0.1) is 0 Å². The summed E-state index contributed by atoms with van der Waals surface area (Å²) in [6.07, 6.45) is 2.10. The minimum absolute atomic E-state index is 0.0888. The second kappa shape index (κ2) is 5.51. The summed E-state index contributed by atoms with van der Waals surface area (Å²) in [6, 6.07) is 11.6. The van der Waals surface area contributed by atoms with Crippen LogP contribution in [0.4, 0.5) is 5.69 Å². The number of aromatic hydroxyl groups is 1. The first kappa shape index (κ1) is 14.1. The largest absolute Gasteiger partial charge is 0.505 e. The third-order valence-corrected chi connectivity index (χ3v) is 4.06. The molecule has 0 saturated heterocycles. The van der Waals surface area contributed by atoms with Crippen LogP contribution in [0.15, 0.2) is 42.6 Å². The molecule has 0 bridgehead atoms. The number of nitrogens with zero attached hydrogens (tertiary/aromatic N) is 1. The molecule has 3 rings (SSSR count). The van der Waals surface area contributed by atoms with Gasteiger partial charge in [-0.1, -0.05) is 41.4 Å². The lowest BCUT2D eigenvalue weighted by Crippen LogP contribution is -1.98. The number of para-hydroxylation sites is 1. The van der Waals surface area contributed by atoms with Crippen LogP contribution in [0.5, 0.6) is 5.75 Å². The molecule has 5 heteroatoms. The van der Waals surface area contributed by atoms with E-state index in [1.54, 1.807) is 12.1 Å². The second-order valence-corrected chi connectivity index (χ2v) is 5.74. The highest BCUT2D eigenvalue weighted by molar-refractivity contribution is 6.37. The zero-order valence-corrected chi connectivity index (χ0v) is 12.9. The summed E-state index contributed by atoms with van der Waals surface area (Å²) >= 11 is 11.8. The third-order valence-electron chi connectivity index (χ3n) is 3.48. The van der Waals surface area contributed by atoms with E-state index in [9.17, 15) is 5.11 Å². The van der Waals surface area contributed by atoms with Crippen LogP contribution >= 0.6 is 23.2 Å². The number of benzene rings is 2. The smallest absolute Gasteiger partial charge is 0.152 e. The Morgan fingerprint density at radius 2 is 1.81 bits per heavy atom. The van der Waals surface area contributed by atoms with Crippen LogP contribution in [0.25, 0.3) is 10.9 Å². The molecule has 0 unspecified atom stereocenters. The first-order valence-corrected chi connectivity index (χ1v) is 7.26. The molecule has 0 fully saturated rings. The highest BCUT2D eigenvalue weighted by atomic mass is 35.5. The molecule has 1 aromatic heterocycles. The summed E-state index contributed by atoms with van der Waals surface area (Å²) in [5.41, 5.74) is 3.15. The normalized spacial score (nSPS) is 11.0. The minimum Gasteiger partial charge on any atom is -0.505 e. The minimum atomic E-state index is -0.0888. The molecule has 0 saturated carbocycles. The zero-order chi connectivity index (χ0) is 15.0. The fraction of sp³-hybridized carbons (Fsp3) is 0.125. The van der Waals surface area contributed by atoms with E-state index in [0.717, 1.165) is 5.69 Å². The molecular formula is C16H14Cl2N2O. The molecule has 21 heavy (non-hydrogen) atoms. The molecule has 0 spiro atoms. The van der Waals surface area contributed by atoms with Crippen LogP contribution in [0.1, 0.15) is 5.56 Å². The molecule has 0 aliphatic rings. The number of halogens is 2. The van der Waals surface area contributed by atoms with Crippen molar-refractivity contribution in [2.45, 2.75) is 6.54 Å². The number of phenols is 1. The van der Waals surface area contributed by atoms with Gasteiger partial charge in [0.15, 0.2) is 5.75 Å². The van der Waals surface area contributed by atoms with E-state index in [-0.39, 0.29) is 15.8 Å². The predicted octanol–water partition coefficient (Wildman–Crippen LogP) is 4.80. The van der Waals surface area contributed by atoms with Gasteiger partial charge in [-0.15, -0.1) is 0 Å². The molecule has 0 aliphatic carbocycles. The molecule has 0 radical (unpaired) electrons. The average Bonchev–Trinajstić information content (AvgIpc) is 2.79. The van der Waals surface area contributed by atoms with Gasteiger partial charge in [-0.3, -0.25) is 0 Å². The summed E-state index contributed by atoms with van der Waals surface area (Å²) in [6.45, 7) is 0.652. The lowest BCUT2D eigenvalue weighted by atomic mass is 10.2. The number of nitrogens with one attached hydrogen (secondary N) is 1. The Balaban J connectivity index is 1.87. The van der Waals surface area contributed by atoms with Crippen molar-refractivity contribution in [2.75, 3.05) is 5.32 Å². The number of hydrogen-bond acceptors (Lipinski definition) is 2. The monoisotopic (exact) mass is 320 g/mol. The van der Waals surface area contributed by atoms with Crippen molar-refractivity contribution in [3.05, 3.63) is 58.2 Å². The molecule has 1 heterocycles. The van der Waals surface area contributed by atoms with Gasteiger partial charge >= 0.3 is 0 Å². The molecule has 0 aliphatic heterocycles. The van der Waals surface area contributed by atoms with Crippen molar-refractivity contribution in [1.82, 2.24) is 4.57 Å². The quantitative estimate of drug-likeness (QED) is 0.680. The third kappa shape index (κ3) is 2.67. The van der Waals surface area contributed by atoms with Crippen molar-refractivity contribution in [3.63, 3.8) is 0 Å². The highest BCUT2D eigenvalue weighted by Gasteiger charge is 2.08. The Morgan fingerprint density at radius 1 is 1.14 bits per heavy atom. The van der Waals surface area contributed by atoms with Gasteiger partial charge in [0.2, 0.25) is 0 Å². The van der Waals surface area contributed by atoms with Gasteiger partial charge in [-0.05, 0) is 23.8 Å². The first-order chi connectivity index (χ1) is 10.1. The van der Waals surface area contributed by atoms with E-state index in [2.05, 4.69) is 28.2 Å². The van der Waals surface area contributed by atoms with Crippen LogP contribution in [0.2, 0.25) is 10.0 Å². The van der Waals surface area contributed by atoms with Crippen LogP contribution in [-0.4, -0.2) is 9.67 Å². The number of phenolic OH excluding ortho intramolecular Hbond substituents is 1.